The van der Waals surface area contributed by atoms with Crippen LogP contribution in [0.1, 0.15) is 26.5 Å². The lowest BCUT2D eigenvalue weighted by Crippen LogP contribution is -2.19. The summed E-state index contributed by atoms with van der Waals surface area (Å²) in [5, 5.41) is 24.3. The molecule has 0 fully saturated rings. The van der Waals surface area contributed by atoms with E-state index in [1.54, 1.807) is 30.3 Å². The summed E-state index contributed by atoms with van der Waals surface area (Å²) in [4.78, 5) is 24.1. The Bertz CT molecular complexity index is 1010. The SMILES string of the molecule is Cc1cccc(C(=O)Nc2nnc(CC(=O)N/N=C\c3ccc(O)cc3)s2)c1. The van der Waals surface area contributed by atoms with E-state index in [-0.39, 0.29) is 24.0 Å². The molecule has 0 aliphatic rings. The minimum absolute atomic E-state index is 0.00903. The van der Waals surface area contributed by atoms with Gasteiger partial charge in [0.05, 0.1) is 12.6 Å². The van der Waals surface area contributed by atoms with Crippen molar-refractivity contribution in [3.05, 3.63) is 70.2 Å². The maximum atomic E-state index is 12.2. The molecule has 0 spiro atoms. The van der Waals surface area contributed by atoms with Crippen molar-refractivity contribution in [1.29, 1.82) is 0 Å². The van der Waals surface area contributed by atoms with E-state index in [9.17, 15) is 14.7 Å². The van der Waals surface area contributed by atoms with Crippen LogP contribution in [0.5, 0.6) is 5.75 Å². The fraction of sp³-hybridized carbons (Fsp3) is 0.105. The highest BCUT2D eigenvalue weighted by molar-refractivity contribution is 7.15. The molecule has 28 heavy (non-hydrogen) atoms. The number of carbonyl (C=O) groups excluding carboxylic acids is 2. The average Bonchev–Trinajstić information content (AvgIpc) is 3.10. The molecule has 0 aliphatic heterocycles. The van der Waals surface area contributed by atoms with Crippen molar-refractivity contribution in [2.45, 2.75) is 13.3 Å². The number of nitrogens with one attached hydrogen (secondary N) is 2. The number of benzene rings is 2. The predicted octanol–water partition coefficient (Wildman–Crippen LogP) is 2.50. The Morgan fingerprint density at radius 2 is 1.96 bits per heavy atom. The average molecular weight is 395 g/mol. The highest BCUT2D eigenvalue weighted by Crippen LogP contribution is 2.17. The Kier molecular flexibility index (Phi) is 6.07. The molecule has 3 aromatic rings. The Labute approximate surface area is 165 Å². The molecule has 8 nitrogen and oxygen atoms in total. The Morgan fingerprint density at radius 3 is 2.71 bits per heavy atom. The summed E-state index contributed by atoms with van der Waals surface area (Å²) >= 11 is 1.13. The number of phenolic OH excluding ortho intramolecular Hbond substituents is 1. The largest absolute Gasteiger partial charge is 0.508 e. The first-order chi connectivity index (χ1) is 13.5. The number of hydrogen-bond acceptors (Lipinski definition) is 7. The lowest BCUT2D eigenvalue weighted by Gasteiger charge is -2.01. The summed E-state index contributed by atoms with van der Waals surface area (Å²) in [7, 11) is 0. The second-order valence-electron chi connectivity index (χ2n) is 5.89. The maximum absolute atomic E-state index is 12.2. The Morgan fingerprint density at radius 1 is 1.18 bits per heavy atom. The first-order valence-electron chi connectivity index (χ1n) is 8.31. The van der Waals surface area contributed by atoms with E-state index >= 15 is 0 Å². The second kappa shape index (κ2) is 8.87. The molecule has 3 rings (SSSR count). The number of anilines is 1. The molecule has 1 heterocycles. The van der Waals surface area contributed by atoms with Crippen LogP contribution < -0.4 is 10.7 Å². The zero-order chi connectivity index (χ0) is 19.9. The van der Waals surface area contributed by atoms with Gasteiger partial charge in [-0.3, -0.25) is 14.9 Å². The van der Waals surface area contributed by atoms with Crippen LogP contribution in [-0.4, -0.2) is 33.3 Å². The van der Waals surface area contributed by atoms with E-state index < -0.39 is 0 Å². The fourth-order valence-electron chi connectivity index (χ4n) is 2.25. The molecule has 2 amide bonds. The van der Waals surface area contributed by atoms with E-state index in [1.165, 1.54) is 18.3 Å². The van der Waals surface area contributed by atoms with Crippen LogP contribution in [-0.2, 0) is 11.2 Å². The van der Waals surface area contributed by atoms with Crippen LogP contribution >= 0.6 is 11.3 Å². The minimum atomic E-state index is -0.359. The van der Waals surface area contributed by atoms with Gasteiger partial charge in [0.1, 0.15) is 10.8 Å². The highest BCUT2D eigenvalue weighted by Gasteiger charge is 2.12. The van der Waals surface area contributed by atoms with Gasteiger partial charge >= 0.3 is 0 Å². The number of carbonyl (C=O) groups is 2. The molecular weight excluding hydrogens is 378 g/mol. The number of phenols is 1. The summed E-state index contributed by atoms with van der Waals surface area (Å²) in [5.41, 5.74) is 4.64. The number of hydrogen-bond donors (Lipinski definition) is 3. The van der Waals surface area contributed by atoms with Gasteiger partial charge in [-0.25, -0.2) is 5.43 Å². The van der Waals surface area contributed by atoms with Gasteiger partial charge in [-0.05, 0) is 48.9 Å². The summed E-state index contributed by atoms with van der Waals surface area (Å²) < 4.78 is 0. The summed E-state index contributed by atoms with van der Waals surface area (Å²) in [5.74, 6) is -0.486. The van der Waals surface area contributed by atoms with Crippen LogP contribution in [0.3, 0.4) is 0 Å². The molecule has 0 bridgehead atoms. The number of rotatable bonds is 6. The molecule has 9 heteroatoms. The van der Waals surface area contributed by atoms with Crippen LogP contribution in [0.15, 0.2) is 53.6 Å². The summed E-state index contributed by atoms with van der Waals surface area (Å²) in [6, 6.07) is 13.6. The molecule has 0 atom stereocenters. The van der Waals surface area contributed by atoms with Crippen molar-refractivity contribution in [3.8, 4) is 5.75 Å². The quantitative estimate of drug-likeness (QED) is 0.438. The number of amides is 2. The summed E-state index contributed by atoms with van der Waals surface area (Å²) in [6.45, 7) is 1.91. The van der Waals surface area contributed by atoms with Crippen LogP contribution in [0.4, 0.5) is 5.13 Å². The van der Waals surface area contributed by atoms with Gasteiger partial charge in [-0.2, -0.15) is 5.10 Å². The van der Waals surface area contributed by atoms with Crippen molar-refractivity contribution < 1.29 is 14.7 Å². The molecule has 0 unspecified atom stereocenters. The zero-order valence-electron chi connectivity index (χ0n) is 14.9. The molecule has 142 valence electrons. The molecule has 2 aromatic carbocycles. The van der Waals surface area contributed by atoms with Gasteiger partial charge in [-0.1, -0.05) is 29.0 Å². The zero-order valence-corrected chi connectivity index (χ0v) is 15.7. The van der Waals surface area contributed by atoms with Crippen molar-refractivity contribution in [2.75, 3.05) is 5.32 Å². The van der Waals surface area contributed by atoms with Crippen LogP contribution in [0, 0.1) is 6.92 Å². The molecular formula is C19H17N5O3S. The number of aryl methyl sites for hydroxylation is 1. The minimum Gasteiger partial charge on any atom is -0.508 e. The van der Waals surface area contributed by atoms with Gasteiger partial charge in [0, 0.05) is 5.56 Å². The lowest BCUT2D eigenvalue weighted by atomic mass is 10.1. The fourth-order valence-corrected chi connectivity index (χ4v) is 2.98. The van der Waals surface area contributed by atoms with Crippen molar-refractivity contribution in [1.82, 2.24) is 15.6 Å². The molecule has 0 saturated carbocycles. The Hall–Kier alpha value is -3.59. The maximum Gasteiger partial charge on any atom is 0.257 e. The second-order valence-corrected chi connectivity index (χ2v) is 6.95. The van der Waals surface area contributed by atoms with E-state index in [0.29, 0.717) is 15.7 Å². The van der Waals surface area contributed by atoms with E-state index in [1.807, 2.05) is 13.0 Å². The monoisotopic (exact) mass is 395 g/mol. The van der Waals surface area contributed by atoms with E-state index in [2.05, 4.69) is 26.0 Å². The van der Waals surface area contributed by atoms with Crippen molar-refractivity contribution in [2.24, 2.45) is 5.10 Å². The first-order valence-corrected chi connectivity index (χ1v) is 9.12. The molecule has 0 saturated heterocycles. The van der Waals surface area contributed by atoms with Crippen LogP contribution in [0.25, 0.3) is 0 Å². The van der Waals surface area contributed by atoms with Gasteiger partial charge in [-0.15, -0.1) is 10.2 Å². The third kappa shape index (κ3) is 5.45. The molecule has 0 radical (unpaired) electrons. The van der Waals surface area contributed by atoms with Crippen molar-refractivity contribution >= 4 is 34.5 Å². The normalized spacial score (nSPS) is 10.8. The van der Waals surface area contributed by atoms with Crippen molar-refractivity contribution in [3.63, 3.8) is 0 Å². The number of aromatic nitrogens is 2. The highest BCUT2D eigenvalue weighted by atomic mass is 32.1. The summed E-state index contributed by atoms with van der Waals surface area (Å²) in [6.07, 6.45) is 1.45. The third-order valence-electron chi connectivity index (χ3n) is 3.58. The molecule has 0 aliphatic carbocycles. The smallest absolute Gasteiger partial charge is 0.257 e. The number of aromatic hydroxyl groups is 1. The topological polar surface area (TPSA) is 117 Å². The predicted molar refractivity (Wildman–Crippen MR) is 107 cm³/mol. The number of hydrazone groups is 1. The number of nitrogens with zero attached hydrogens (tertiary/aromatic N) is 3. The van der Waals surface area contributed by atoms with Gasteiger partial charge in [0.15, 0.2) is 0 Å². The van der Waals surface area contributed by atoms with Gasteiger partial charge in [0.25, 0.3) is 5.91 Å². The van der Waals surface area contributed by atoms with Crippen LogP contribution in [0.2, 0.25) is 0 Å². The van der Waals surface area contributed by atoms with Gasteiger partial charge in [0.2, 0.25) is 11.0 Å². The first kappa shape index (κ1) is 19.2. The van der Waals surface area contributed by atoms with E-state index in [0.717, 1.165) is 22.5 Å². The molecule has 1 aromatic heterocycles. The third-order valence-corrected chi connectivity index (χ3v) is 4.41. The van der Waals surface area contributed by atoms with E-state index in [4.69, 9.17) is 0 Å². The lowest BCUT2D eigenvalue weighted by molar-refractivity contribution is -0.120. The van der Waals surface area contributed by atoms with Gasteiger partial charge < -0.3 is 5.11 Å². The standard InChI is InChI=1S/C19H17N5O3S/c1-12-3-2-4-14(9-12)18(27)21-19-24-23-17(28-19)10-16(26)22-20-11-13-5-7-15(25)8-6-13/h2-9,11,25H,10H2,1H3,(H,22,26)(H,21,24,27)/b20-11-. The Balaban J connectivity index is 1.51. The molecule has 3 N–H and O–H groups in total.